The molecular formula is C36H32ClF5N4O6. The van der Waals surface area contributed by atoms with Crippen molar-refractivity contribution >= 4 is 35.0 Å². The number of alkyl halides is 5. The van der Waals surface area contributed by atoms with Crippen LogP contribution in [0.15, 0.2) is 66.7 Å². The summed E-state index contributed by atoms with van der Waals surface area (Å²) >= 11 is 6.13. The van der Waals surface area contributed by atoms with E-state index in [1.807, 2.05) is 12.1 Å². The average Bonchev–Trinajstić information content (AvgIpc) is 3.10. The highest BCUT2D eigenvalue weighted by molar-refractivity contribution is 6.30. The van der Waals surface area contributed by atoms with Gasteiger partial charge in [-0.25, -0.2) is 0 Å². The van der Waals surface area contributed by atoms with Crippen LogP contribution < -0.4 is 20.1 Å². The number of benzene rings is 3. The molecule has 3 aromatic rings. The van der Waals surface area contributed by atoms with Crippen LogP contribution in [0, 0.1) is 34.5 Å². The van der Waals surface area contributed by atoms with Crippen LogP contribution in [-0.4, -0.2) is 55.2 Å². The van der Waals surface area contributed by atoms with Crippen LogP contribution in [0.25, 0.3) is 0 Å². The minimum atomic E-state index is -5.03. The van der Waals surface area contributed by atoms with Gasteiger partial charge in [0.1, 0.15) is 24.1 Å². The predicted molar refractivity (Wildman–Crippen MR) is 176 cm³/mol. The minimum Gasteiger partial charge on any atom is -0.497 e. The Morgan fingerprint density at radius 1 is 0.885 bits per heavy atom. The summed E-state index contributed by atoms with van der Waals surface area (Å²) in [4.78, 5) is 52.9. The number of ether oxygens (including phenoxy) is 2. The van der Waals surface area contributed by atoms with E-state index in [1.165, 1.54) is 75.6 Å². The molecule has 0 radical (unpaired) electrons. The predicted octanol–water partition coefficient (Wildman–Crippen LogP) is 6.05. The molecule has 10 nitrogen and oxygen atoms in total. The first-order valence-corrected chi connectivity index (χ1v) is 15.9. The van der Waals surface area contributed by atoms with Crippen LogP contribution in [-0.2, 0) is 25.6 Å². The van der Waals surface area contributed by atoms with Gasteiger partial charge in [0.25, 0.3) is 11.8 Å². The summed E-state index contributed by atoms with van der Waals surface area (Å²) in [6.45, 7) is 0.503. The van der Waals surface area contributed by atoms with Gasteiger partial charge in [0.15, 0.2) is 11.9 Å². The van der Waals surface area contributed by atoms with Gasteiger partial charge in [0.05, 0.1) is 30.4 Å². The molecule has 0 fully saturated rings. The molecule has 2 amide bonds. The highest BCUT2D eigenvalue weighted by Crippen LogP contribution is 2.31. The van der Waals surface area contributed by atoms with Crippen LogP contribution in [0.5, 0.6) is 11.5 Å². The minimum absolute atomic E-state index is 0.00413. The Hall–Kier alpha value is -5.54. The first-order valence-electron chi connectivity index (χ1n) is 15.5. The molecule has 3 aromatic carbocycles. The van der Waals surface area contributed by atoms with Gasteiger partial charge in [0.2, 0.25) is 5.78 Å². The van der Waals surface area contributed by atoms with Crippen molar-refractivity contribution in [1.29, 1.82) is 10.5 Å². The van der Waals surface area contributed by atoms with Crippen LogP contribution in [0.4, 0.5) is 22.0 Å². The smallest absolute Gasteiger partial charge is 0.405 e. The van der Waals surface area contributed by atoms with E-state index in [0.717, 1.165) is 5.32 Å². The quantitative estimate of drug-likeness (QED) is 0.132. The highest BCUT2D eigenvalue weighted by atomic mass is 35.5. The van der Waals surface area contributed by atoms with Gasteiger partial charge < -0.3 is 20.1 Å². The van der Waals surface area contributed by atoms with Gasteiger partial charge in [-0.3, -0.25) is 19.2 Å². The summed E-state index contributed by atoms with van der Waals surface area (Å²) in [7, 11) is 1.38. The fourth-order valence-corrected chi connectivity index (χ4v) is 5.24. The van der Waals surface area contributed by atoms with Crippen molar-refractivity contribution in [3.8, 4) is 23.6 Å². The van der Waals surface area contributed by atoms with Gasteiger partial charge >= 0.3 is 12.1 Å². The summed E-state index contributed by atoms with van der Waals surface area (Å²) in [6.07, 6.45) is -7.61. The summed E-state index contributed by atoms with van der Waals surface area (Å²) in [5.41, 5.74) is 0.965. The fourth-order valence-electron chi connectivity index (χ4n) is 5.01. The first-order chi connectivity index (χ1) is 24.4. The van der Waals surface area contributed by atoms with E-state index in [-0.39, 0.29) is 33.9 Å². The SMILES string of the molecule is COc1ccc([C@H](NC(=O)C(Cc2cccc(C#N)c2)Oc2cc(Cl)cc(C#N)c2)C(=O)C[C@H](C(=O)C(F)(F)C(=O)NCC(F)(F)F)C(C)C)cc1. The van der Waals surface area contributed by atoms with Crippen molar-refractivity contribution in [2.75, 3.05) is 13.7 Å². The van der Waals surface area contributed by atoms with Crippen LogP contribution >= 0.6 is 11.6 Å². The molecule has 52 heavy (non-hydrogen) atoms. The topological polar surface area (TPSA) is 158 Å². The molecule has 2 N–H and O–H groups in total. The number of hydrogen-bond acceptors (Lipinski definition) is 8. The number of nitriles is 2. The van der Waals surface area contributed by atoms with E-state index in [4.69, 9.17) is 21.1 Å². The zero-order chi connectivity index (χ0) is 38.8. The monoisotopic (exact) mass is 746 g/mol. The van der Waals surface area contributed by atoms with Crippen molar-refractivity contribution < 1.29 is 50.6 Å². The van der Waals surface area contributed by atoms with Crippen molar-refractivity contribution in [3.05, 3.63) is 94.0 Å². The van der Waals surface area contributed by atoms with Gasteiger partial charge in [0, 0.05) is 23.8 Å². The molecule has 0 aliphatic rings. The molecule has 0 heterocycles. The molecule has 16 heteroatoms. The Morgan fingerprint density at radius 3 is 2.12 bits per heavy atom. The number of halogens is 6. The Balaban J connectivity index is 2.01. The fraction of sp³-hybridized carbons (Fsp3) is 0.333. The summed E-state index contributed by atoms with van der Waals surface area (Å²) < 4.78 is 78.7. The Morgan fingerprint density at radius 2 is 1.54 bits per heavy atom. The van der Waals surface area contributed by atoms with E-state index in [9.17, 15) is 51.7 Å². The molecule has 3 rings (SSSR count). The lowest BCUT2D eigenvalue weighted by Crippen LogP contribution is -2.51. The van der Waals surface area contributed by atoms with E-state index < -0.39 is 72.4 Å². The number of methoxy groups -OCH3 is 1. The third-order valence-electron chi connectivity index (χ3n) is 7.71. The lowest BCUT2D eigenvalue weighted by molar-refractivity contribution is -0.167. The Labute approximate surface area is 300 Å². The van der Waals surface area contributed by atoms with Crippen molar-refractivity contribution in [2.24, 2.45) is 11.8 Å². The van der Waals surface area contributed by atoms with Crippen LogP contribution in [0.2, 0.25) is 5.02 Å². The number of nitrogens with one attached hydrogen (secondary N) is 2. The van der Waals surface area contributed by atoms with Gasteiger partial charge in [-0.15, -0.1) is 0 Å². The maximum absolute atomic E-state index is 14.9. The molecule has 274 valence electrons. The molecule has 0 saturated carbocycles. The van der Waals surface area contributed by atoms with Crippen molar-refractivity contribution in [2.45, 2.75) is 50.9 Å². The maximum Gasteiger partial charge on any atom is 0.405 e. The number of rotatable bonds is 16. The zero-order valence-corrected chi connectivity index (χ0v) is 28.6. The molecule has 1 unspecified atom stereocenters. The first kappa shape index (κ1) is 40.9. The third kappa shape index (κ3) is 11.2. The van der Waals surface area contributed by atoms with Crippen molar-refractivity contribution in [3.63, 3.8) is 0 Å². The second-order valence-electron chi connectivity index (χ2n) is 11.9. The van der Waals surface area contributed by atoms with Gasteiger partial charge in [-0.05, 0) is 59.5 Å². The summed E-state index contributed by atoms with van der Waals surface area (Å²) in [6, 6.07) is 18.2. The molecule has 3 atom stereocenters. The largest absolute Gasteiger partial charge is 0.497 e. The number of hydrogen-bond donors (Lipinski definition) is 2. The molecule has 0 aromatic heterocycles. The molecule has 0 bridgehead atoms. The average molecular weight is 747 g/mol. The lowest BCUT2D eigenvalue weighted by Gasteiger charge is -2.27. The summed E-state index contributed by atoms with van der Waals surface area (Å²) in [5.74, 6) is -13.9. The number of nitrogens with zero attached hydrogens (tertiary/aromatic N) is 2. The molecule has 0 aliphatic heterocycles. The highest BCUT2D eigenvalue weighted by Gasteiger charge is 2.52. The summed E-state index contributed by atoms with van der Waals surface area (Å²) in [5, 5.41) is 22.4. The Bertz CT molecular complexity index is 1870. The Kier molecular flexibility index (Phi) is 13.8. The van der Waals surface area contributed by atoms with Gasteiger partial charge in [-0.2, -0.15) is 32.5 Å². The molecule has 0 aliphatic carbocycles. The van der Waals surface area contributed by atoms with Gasteiger partial charge in [-0.1, -0.05) is 49.7 Å². The molecule has 0 spiro atoms. The number of amides is 2. The van der Waals surface area contributed by atoms with Crippen LogP contribution in [0.3, 0.4) is 0 Å². The second kappa shape index (κ2) is 17.6. The standard InChI is InChI=1S/C36H32ClF5N4O6/c1-20(2)28(32(48)36(41,42)34(50)45-19-35(38,39)40)16-29(47)31(24-7-9-26(51-3)10-8-24)46-33(49)30(14-21-5-4-6-22(11-21)17-43)52-27-13-23(18-44)12-25(37)15-27/h4-13,15,20,28,30-31H,14,16,19H2,1-3H3,(H,45,50)(H,46,49)/t28-,30?,31-/m0/s1. The van der Waals surface area contributed by atoms with E-state index in [1.54, 1.807) is 12.1 Å². The number of Topliss-reactive ketones (excluding diaryl/α,β-unsaturated/α-hetero) is 2. The van der Waals surface area contributed by atoms with Crippen molar-refractivity contribution in [1.82, 2.24) is 10.6 Å². The lowest BCUT2D eigenvalue weighted by atomic mass is 9.82. The third-order valence-corrected chi connectivity index (χ3v) is 7.93. The number of carbonyl (C=O) groups is 4. The second-order valence-corrected chi connectivity index (χ2v) is 12.3. The number of carbonyl (C=O) groups excluding carboxylic acids is 4. The number of ketones is 2. The maximum atomic E-state index is 14.9. The van der Waals surface area contributed by atoms with E-state index in [2.05, 4.69) is 5.32 Å². The molecule has 0 saturated heterocycles. The van der Waals surface area contributed by atoms with E-state index in [0.29, 0.717) is 11.3 Å². The molecular weight excluding hydrogens is 715 g/mol. The normalized spacial score (nSPS) is 13.2. The van der Waals surface area contributed by atoms with E-state index >= 15 is 0 Å². The van der Waals surface area contributed by atoms with Crippen LogP contribution in [0.1, 0.15) is 48.6 Å². The zero-order valence-electron chi connectivity index (χ0n) is 27.9.